The first kappa shape index (κ1) is 17.4. The van der Waals surface area contributed by atoms with Crippen LogP contribution in [0.15, 0.2) is 39.9 Å². The van der Waals surface area contributed by atoms with E-state index >= 15 is 0 Å². The first-order valence-corrected chi connectivity index (χ1v) is 8.87. The number of aromatic nitrogens is 2. The lowest BCUT2D eigenvalue weighted by molar-refractivity contribution is 0.0994. The number of aryl methyl sites for hydroxylation is 3. The van der Waals surface area contributed by atoms with E-state index in [1.165, 1.54) is 0 Å². The first-order valence-electron chi connectivity index (χ1n) is 8.49. The third-order valence-electron chi connectivity index (χ3n) is 4.32. The van der Waals surface area contributed by atoms with Gasteiger partial charge in [0.25, 0.3) is 5.91 Å². The second-order valence-electron chi connectivity index (χ2n) is 6.53. The molecule has 1 N–H and O–H groups in total. The van der Waals surface area contributed by atoms with E-state index in [0.717, 1.165) is 22.4 Å². The Bertz CT molecular complexity index is 1100. The summed E-state index contributed by atoms with van der Waals surface area (Å²) in [5.41, 5.74) is 4.93. The van der Waals surface area contributed by atoms with Crippen molar-refractivity contribution in [2.24, 2.45) is 4.99 Å². The minimum atomic E-state index is -0.352. The second-order valence-corrected chi connectivity index (χ2v) is 6.93. The molecular formula is C20H17ClN4O2. The highest BCUT2D eigenvalue weighted by Gasteiger charge is 2.21. The van der Waals surface area contributed by atoms with Crippen LogP contribution in [0, 0.1) is 20.8 Å². The van der Waals surface area contributed by atoms with Crippen molar-refractivity contribution in [1.29, 1.82) is 0 Å². The van der Waals surface area contributed by atoms with Crippen LogP contribution in [0.25, 0.3) is 0 Å². The van der Waals surface area contributed by atoms with E-state index in [9.17, 15) is 4.79 Å². The molecule has 6 nitrogen and oxygen atoms in total. The van der Waals surface area contributed by atoms with Crippen molar-refractivity contribution in [2.75, 3.05) is 5.32 Å². The summed E-state index contributed by atoms with van der Waals surface area (Å²) in [6.07, 6.45) is 2.45. The Morgan fingerprint density at radius 2 is 2.04 bits per heavy atom. The summed E-state index contributed by atoms with van der Waals surface area (Å²) in [5.74, 6) is 1.02. The van der Waals surface area contributed by atoms with Crippen LogP contribution in [-0.2, 0) is 6.42 Å². The number of carbonyl (C=O) groups excluding carboxylic acids is 1. The van der Waals surface area contributed by atoms with Crippen LogP contribution in [0.4, 0.5) is 11.5 Å². The summed E-state index contributed by atoms with van der Waals surface area (Å²) in [5, 5.41) is 3.40. The predicted molar refractivity (Wildman–Crippen MR) is 104 cm³/mol. The van der Waals surface area contributed by atoms with Crippen molar-refractivity contribution in [3.05, 3.63) is 69.5 Å². The Morgan fingerprint density at radius 3 is 2.78 bits per heavy atom. The van der Waals surface area contributed by atoms with E-state index in [1.807, 2.05) is 13.0 Å². The number of hydrogen-bond donors (Lipinski definition) is 1. The molecule has 1 aliphatic rings. The highest BCUT2D eigenvalue weighted by molar-refractivity contribution is 6.34. The van der Waals surface area contributed by atoms with Crippen molar-refractivity contribution >= 4 is 34.7 Å². The third-order valence-corrected chi connectivity index (χ3v) is 4.65. The summed E-state index contributed by atoms with van der Waals surface area (Å²) in [7, 11) is 0. The number of oxazole rings is 1. The second kappa shape index (κ2) is 6.63. The van der Waals surface area contributed by atoms with Gasteiger partial charge in [0.05, 0.1) is 11.4 Å². The number of anilines is 1. The largest absolute Gasteiger partial charge is 0.436 e. The molecule has 0 aliphatic carbocycles. The number of carbonyl (C=O) groups is 1. The van der Waals surface area contributed by atoms with E-state index < -0.39 is 0 Å². The molecule has 0 saturated carbocycles. The van der Waals surface area contributed by atoms with Crippen LogP contribution >= 0.6 is 11.6 Å². The third kappa shape index (κ3) is 3.36. The van der Waals surface area contributed by atoms with E-state index in [1.54, 1.807) is 32.2 Å². The quantitative estimate of drug-likeness (QED) is 0.721. The lowest BCUT2D eigenvalue weighted by Crippen LogP contribution is -2.13. The fourth-order valence-electron chi connectivity index (χ4n) is 3.11. The number of amides is 1. The molecule has 0 spiro atoms. The standard InChI is InChI=1S/C20H17ClN4O2/c1-10-6-13-7-17(25-19(13)22-9-10)15-8-14(4-5-16(15)21)24-20(26)18-11(2)23-12(3)27-18/h4-6,8-9H,7H2,1-3H3,(H,24,26). The van der Waals surface area contributed by atoms with Gasteiger partial charge in [-0.2, -0.15) is 0 Å². The average molecular weight is 381 g/mol. The van der Waals surface area contributed by atoms with Gasteiger partial charge in [-0.15, -0.1) is 0 Å². The normalized spacial score (nSPS) is 12.7. The maximum Gasteiger partial charge on any atom is 0.293 e. The maximum absolute atomic E-state index is 12.5. The fraction of sp³-hybridized carbons (Fsp3) is 0.200. The number of aliphatic imine (C=N–C) groups is 1. The molecule has 7 heteroatoms. The van der Waals surface area contributed by atoms with E-state index in [0.29, 0.717) is 34.5 Å². The van der Waals surface area contributed by atoms with Crippen molar-refractivity contribution in [3.63, 3.8) is 0 Å². The molecule has 0 fully saturated rings. The van der Waals surface area contributed by atoms with Gasteiger partial charge in [-0.05, 0) is 37.6 Å². The van der Waals surface area contributed by atoms with Gasteiger partial charge < -0.3 is 9.73 Å². The monoisotopic (exact) mass is 380 g/mol. The number of fused-ring (bicyclic) bond motifs is 1. The van der Waals surface area contributed by atoms with E-state index in [2.05, 4.69) is 26.3 Å². The molecular weight excluding hydrogens is 364 g/mol. The Balaban J connectivity index is 1.61. The van der Waals surface area contributed by atoms with Gasteiger partial charge in [0.15, 0.2) is 11.7 Å². The van der Waals surface area contributed by atoms with Gasteiger partial charge in [0.2, 0.25) is 5.76 Å². The maximum atomic E-state index is 12.5. The molecule has 0 unspecified atom stereocenters. The number of benzene rings is 1. The topological polar surface area (TPSA) is 80.4 Å². The Morgan fingerprint density at radius 1 is 1.22 bits per heavy atom. The number of pyridine rings is 1. The smallest absolute Gasteiger partial charge is 0.293 e. The molecule has 1 aliphatic heterocycles. The molecule has 27 heavy (non-hydrogen) atoms. The minimum Gasteiger partial charge on any atom is -0.436 e. The summed E-state index contributed by atoms with van der Waals surface area (Å²) in [6, 6.07) is 7.38. The van der Waals surface area contributed by atoms with Crippen LogP contribution in [0.2, 0.25) is 5.02 Å². The molecule has 0 saturated heterocycles. The molecule has 136 valence electrons. The van der Waals surface area contributed by atoms with Gasteiger partial charge in [-0.25, -0.2) is 15.0 Å². The lowest BCUT2D eigenvalue weighted by Gasteiger charge is -2.09. The van der Waals surface area contributed by atoms with Gasteiger partial charge in [-0.3, -0.25) is 4.79 Å². The molecule has 1 amide bonds. The lowest BCUT2D eigenvalue weighted by atomic mass is 10.0. The van der Waals surface area contributed by atoms with E-state index in [4.69, 9.17) is 16.0 Å². The zero-order valence-electron chi connectivity index (χ0n) is 15.1. The summed E-state index contributed by atoms with van der Waals surface area (Å²) in [4.78, 5) is 25.6. The molecule has 1 aromatic carbocycles. The van der Waals surface area contributed by atoms with Crippen LogP contribution in [-0.4, -0.2) is 21.6 Å². The molecule has 2 aromatic heterocycles. The Labute approximate surface area is 161 Å². The van der Waals surface area contributed by atoms with Gasteiger partial charge in [0, 0.05) is 41.4 Å². The summed E-state index contributed by atoms with van der Waals surface area (Å²) >= 11 is 6.39. The molecule has 3 aromatic rings. The van der Waals surface area contributed by atoms with Crippen molar-refractivity contribution in [2.45, 2.75) is 27.2 Å². The minimum absolute atomic E-state index is 0.203. The number of nitrogens with one attached hydrogen (secondary N) is 1. The fourth-order valence-corrected chi connectivity index (χ4v) is 3.34. The SMILES string of the molecule is Cc1cnc2c(c1)CC(c1cc(NC(=O)c3oc(C)nc3C)ccc1Cl)=N2. The van der Waals surface area contributed by atoms with Crippen LogP contribution in [0.3, 0.4) is 0 Å². The first-order chi connectivity index (χ1) is 12.9. The number of nitrogens with zero attached hydrogens (tertiary/aromatic N) is 3. The molecule has 0 radical (unpaired) electrons. The molecule has 0 bridgehead atoms. The van der Waals surface area contributed by atoms with Crippen LogP contribution in [0.5, 0.6) is 0 Å². The van der Waals surface area contributed by atoms with Gasteiger partial charge in [0.1, 0.15) is 0 Å². The zero-order chi connectivity index (χ0) is 19.1. The van der Waals surface area contributed by atoms with E-state index in [-0.39, 0.29) is 11.7 Å². The highest BCUT2D eigenvalue weighted by Crippen LogP contribution is 2.31. The number of halogens is 1. The molecule has 0 atom stereocenters. The number of rotatable bonds is 3. The van der Waals surface area contributed by atoms with Crippen molar-refractivity contribution < 1.29 is 9.21 Å². The Kier molecular flexibility index (Phi) is 4.28. The van der Waals surface area contributed by atoms with Crippen LogP contribution < -0.4 is 5.32 Å². The van der Waals surface area contributed by atoms with Gasteiger partial charge >= 0.3 is 0 Å². The Hall–Kier alpha value is -2.99. The number of hydrogen-bond acceptors (Lipinski definition) is 5. The summed E-state index contributed by atoms with van der Waals surface area (Å²) in [6.45, 7) is 5.44. The van der Waals surface area contributed by atoms with Crippen molar-refractivity contribution in [3.8, 4) is 0 Å². The molecule has 4 rings (SSSR count). The molecule has 3 heterocycles. The van der Waals surface area contributed by atoms with Gasteiger partial charge in [-0.1, -0.05) is 17.7 Å². The highest BCUT2D eigenvalue weighted by atomic mass is 35.5. The predicted octanol–water partition coefficient (Wildman–Crippen LogP) is 4.58. The average Bonchev–Trinajstić information content (AvgIpc) is 3.18. The zero-order valence-corrected chi connectivity index (χ0v) is 15.9. The summed E-state index contributed by atoms with van der Waals surface area (Å²) < 4.78 is 5.37. The van der Waals surface area contributed by atoms with Crippen LogP contribution in [0.1, 0.15) is 38.8 Å². The van der Waals surface area contributed by atoms with Crippen molar-refractivity contribution in [1.82, 2.24) is 9.97 Å².